The van der Waals surface area contributed by atoms with Gasteiger partial charge in [-0.3, -0.25) is 4.99 Å². The molecule has 0 spiro atoms. The van der Waals surface area contributed by atoms with Gasteiger partial charge in [0.05, 0.1) is 17.5 Å². The Labute approximate surface area is 122 Å². The van der Waals surface area contributed by atoms with E-state index in [0.29, 0.717) is 0 Å². The molecule has 1 fully saturated rings. The lowest BCUT2D eigenvalue weighted by molar-refractivity contribution is 0.297. The molecule has 4 nitrogen and oxygen atoms in total. The van der Waals surface area contributed by atoms with E-state index in [1.54, 1.807) is 6.21 Å². The van der Waals surface area contributed by atoms with Crippen molar-refractivity contribution in [1.82, 2.24) is 4.90 Å². The van der Waals surface area contributed by atoms with Crippen LogP contribution in [0.25, 0.3) is 0 Å². The van der Waals surface area contributed by atoms with Gasteiger partial charge in [0.25, 0.3) is 0 Å². The van der Waals surface area contributed by atoms with Crippen LogP contribution in [0.3, 0.4) is 0 Å². The summed E-state index contributed by atoms with van der Waals surface area (Å²) in [5.41, 5.74) is 0.977. The highest BCUT2D eigenvalue weighted by Crippen LogP contribution is 2.19. The predicted octanol–water partition coefficient (Wildman–Crippen LogP) is 1.60. The molecule has 19 heavy (non-hydrogen) atoms. The Bertz CT molecular complexity index is 567. The molecule has 0 N–H and O–H groups in total. The highest BCUT2D eigenvalue weighted by Gasteiger charge is 2.38. The molecular weight excluding hydrogens is 328 g/mol. The van der Waals surface area contributed by atoms with Gasteiger partial charge in [0.2, 0.25) is 0 Å². The number of likely N-dealkylation sites (N-methyl/N-ethyl adjacent to an activating group) is 1. The largest absolute Gasteiger partial charge is 0.303 e. The van der Waals surface area contributed by atoms with Crippen molar-refractivity contribution in [3.05, 3.63) is 34.3 Å². The third-order valence-electron chi connectivity index (χ3n) is 3.24. The fourth-order valence-corrected chi connectivity index (χ4v) is 4.45. The van der Waals surface area contributed by atoms with Gasteiger partial charge >= 0.3 is 0 Å². The van der Waals surface area contributed by atoms with Crippen molar-refractivity contribution in [2.24, 2.45) is 4.99 Å². The summed E-state index contributed by atoms with van der Waals surface area (Å²) in [6.45, 7) is 0. The van der Waals surface area contributed by atoms with E-state index in [-0.39, 0.29) is 23.6 Å². The summed E-state index contributed by atoms with van der Waals surface area (Å²) < 4.78 is 24.4. The van der Waals surface area contributed by atoms with Crippen molar-refractivity contribution in [2.45, 2.75) is 12.1 Å². The Balaban J connectivity index is 2.15. The van der Waals surface area contributed by atoms with Crippen LogP contribution in [-0.4, -0.2) is 57.2 Å². The smallest absolute Gasteiger partial charge is 0.154 e. The highest BCUT2D eigenvalue weighted by atomic mass is 79.9. The van der Waals surface area contributed by atoms with Gasteiger partial charge in [-0.15, -0.1) is 0 Å². The van der Waals surface area contributed by atoms with Crippen molar-refractivity contribution in [2.75, 3.05) is 25.6 Å². The van der Waals surface area contributed by atoms with Crippen LogP contribution in [0.5, 0.6) is 0 Å². The molecule has 2 atom stereocenters. The Morgan fingerprint density at radius 1 is 1.26 bits per heavy atom. The number of aliphatic imine (C=N–C) groups is 1. The first-order chi connectivity index (χ1) is 8.87. The predicted molar refractivity (Wildman–Crippen MR) is 81.7 cm³/mol. The van der Waals surface area contributed by atoms with Crippen molar-refractivity contribution >= 4 is 32.0 Å². The van der Waals surface area contributed by atoms with Crippen LogP contribution in [0.1, 0.15) is 5.56 Å². The van der Waals surface area contributed by atoms with Crippen LogP contribution in [-0.2, 0) is 9.84 Å². The van der Waals surface area contributed by atoms with E-state index in [1.807, 2.05) is 43.3 Å². The van der Waals surface area contributed by atoms with Gasteiger partial charge in [-0.1, -0.05) is 28.1 Å². The van der Waals surface area contributed by atoms with E-state index in [1.165, 1.54) is 0 Å². The minimum absolute atomic E-state index is 0.0308. The molecule has 0 aliphatic carbocycles. The van der Waals surface area contributed by atoms with Gasteiger partial charge in [-0.05, 0) is 31.8 Å². The van der Waals surface area contributed by atoms with Crippen LogP contribution in [0.4, 0.5) is 0 Å². The number of rotatable bonds is 3. The number of hydrogen-bond acceptors (Lipinski definition) is 4. The van der Waals surface area contributed by atoms with Crippen molar-refractivity contribution in [3.8, 4) is 0 Å². The number of halogens is 1. The van der Waals surface area contributed by atoms with Crippen LogP contribution < -0.4 is 0 Å². The Kier molecular flexibility index (Phi) is 4.43. The average molecular weight is 345 g/mol. The van der Waals surface area contributed by atoms with E-state index < -0.39 is 9.84 Å². The molecule has 1 aliphatic heterocycles. The number of hydrogen-bond donors (Lipinski definition) is 0. The molecule has 1 saturated heterocycles. The molecule has 0 amide bonds. The molecule has 1 aromatic rings. The maximum atomic E-state index is 11.7. The lowest BCUT2D eigenvalue weighted by Gasteiger charge is -2.21. The zero-order chi connectivity index (χ0) is 14.0. The standard InChI is InChI=1S/C13H17BrN2O2S/c1-16(2)13-9-19(17,18)8-12(13)15-7-10-3-5-11(14)6-4-10/h3-7,12-13H,8-9H2,1-2H3. The van der Waals surface area contributed by atoms with E-state index in [0.717, 1.165) is 10.0 Å². The summed E-state index contributed by atoms with van der Waals surface area (Å²) in [6.07, 6.45) is 1.76. The molecule has 6 heteroatoms. The average Bonchev–Trinajstić information content (AvgIpc) is 2.64. The number of benzene rings is 1. The number of nitrogens with zero attached hydrogens (tertiary/aromatic N) is 2. The topological polar surface area (TPSA) is 49.7 Å². The molecule has 1 aromatic carbocycles. The first-order valence-corrected chi connectivity index (χ1v) is 8.64. The summed E-state index contributed by atoms with van der Waals surface area (Å²) in [5, 5.41) is 0. The summed E-state index contributed by atoms with van der Waals surface area (Å²) in [4.78, 5) is 6.40. The molecule has 0 aromatic heterocycles. The third kappa shape index (κ3) is 3.87. The van der Waals surface area contributed by atoms with Crippen LogP contribution in [0, 0.1) is 0 Å². The lowest BCUT2D eigenvalue weighted by Crippen LogP contribution is -2.37. The first kappa shape index (κ1) is 14.7. The summed E-state index contributed by atoms with van der Waals surface area (Å²) in [6, 6.07) is 7.57. The zero-order valence-corrected chi connectivity index (χ0v) is 13.4. The Hall–Kier alpha value is -0.720. The first-order valence-electron chi connectivity index (χ1n) is 6.03. The molecular formula is C13H17BrN2O2S. The second kappa shape index (κ2) is 5.73. The minimum atomic E-state index is -2.96. The highest BCUT2D eigenvalue weighted by molar-refractivity contribution is 9.10. The molecule has 2 unspecified atom stereocenters. The van der Waals surface area contributed by atoms with E-state index in [2.05, 4.69) is 20.9 Å². The summed E-state index contributed by atoms with van der Waals surface area (Å²) in [7, 11) is 0.829. The summed E-state index contributed by atoms with van der Waals surface area (Å²) in [5.74, 6) is 0.339. The Morgan fingerprint density at radius 2 is 1.89 bits per heavy atom. The fraction of sp³-hybridized carbons (Fsp3) is 0.462. The molecule has 104 valence electrons. The molecule has 1 aliphatic rings. The van der Waals surface area contributed by atoms with Crippen molar-refractivity contribution in [1.29, 1.82) is 0 Å². The second-order valence-corrected chi connectivity index (χ2v) is 8.07. The maximum Gasteiger partial charge on any atom is 0.154 e. The van der Waals surface area contributed by atoms with Gasteiger partial charge in [0.15, 0.2) is 9.84 Å². The monoisotopic (exact) mass is 344 g/mol. The molecule has 0 saturated carbocycles. The number of sulfone groups is 1. The Morgan fingerprint density at radius 3 is 2.47 bits per heavy atom. The minimum Gasteiger partial charge on any atom is -0.303 e. The molecule has 0 radical (unpaired) electrons. The quantitative estimate of drug-likeness (QED) is 0.782. The van der Waals surface area contributed by atoms with Crippen LogP contribution in [0.2, 0.25) is 0 Å². The van der Waals surface area contributed by atoms with Gasteiger partial charge in [0.1, 0.15) is 0 Å². The van der Waals surface area contributed by atoms with Gasteiger partial charge in [-0.2, -0.15) is 0 Å². The van der Waals surface area contributed by atoms with Gasteiger partial charge < -0.3 is 4.90 Å². The van der Waals surface area contributed by atoms with Gasteiger partial charge in [0, 0.05) is 16.7 Å². The lowest BCUT2D eigenvalue weighted by atomic mass is 10.1. The molecule has 2 rings (SSSR count). The molecule has 1 heterocycles. The maximum absolute atomic E-state index is 11.7. The van der Waals surface area contributed by atoms with Gasteiger partial charge in [-0.25, -0.2) is 8.42 Å². The zero-order valence-electron chi connectivity index (χ0n) is 11.0. The van der Waals surface area contributed by atoms with Crippen LogP contribution in [0.15, 0.2) is 33.7 Å². The van der Waals surface area contributed by atoms with E-state index in [9.17, 15) is 8.42 Å². The van der Waals surface area contributed by atoms with Crippen molar-refractivity contribution < 1.29 is 8.42 Å². The normalized spacial score (nSPS) is 26.3. The third-order valence-corrected chi connectivity index (χ3v) is 5.47. The van der Waals surface area contributed by atoms with Crippen molar-refractivity contribution in [3.63, 3.8) is 0 Å². The van der Waals surface area contributed by atoms with E-state index >= 15 is 0 Å². The fourth-order valence-electron chi connectivity index (χ4n) is 2.18. The van der Waals surface area contributed by atoms with E-state index in [4.69, 9.17) is 0 Å². The summed E-state index contributed by atoms with van der Waals surface area (Å²) >= 11 is 3.38. The molecule has 0 bridgehead atoms. The SMILES string of the molecule is CN(C)C1CS(=O)(=O)CC1N=Cc1ccc(Br)cc1. The second-order valence-electron chi connectivity index (χ2n) is 5.00. The van der Waals surface area contributed by atoms with Crippen LogP contribution >= 0.6 is 15.9 Å².